The normalized spacial score (nSPS) is 10.6. The van der Waals surface area contributed by atoms with Gasteiger partial charge in [-0.15, -0.1) is 11.6 Å². The fourth-order valence-electron chi connectivity index (χ4n) is 2.57. The minimum atomic E-state index is 0.434. The second-order valence-corrected chi connectivity index (χ2v) is 6.01. The van der Waals surface area contributed by atoms with Gasteiger partial charge in [-0.1, -0.05) is 60.7 Å². The molecule has 122 valence electrons. The molecule has 0 aliphatic carbocycles. The highest BCUT2D eigenvalue weighted by molar-refractivity contribution is 6.17. The minimum absolute atomic E-state index is 0.434. The van der Waals surface area contributed by atoms with Crippen LogP contribution in [0.5, 0.6) is 0 Å². The lowest BCUT2D eigenvalue weighted by molar-refractivity contribution is 0.758. The molecule has 0 spiro atoms. The van der Waals surface area contributed by atoms with E-state index in [9.17, 15) is 0 Å². The van der Waals surface area contributed by atoms with E-state index in [1.807, 2.05) is 25.3 Å². The van der Waals surface area contributed by atoms with E-state index in [2.05, 4.69) is 63.4 Å². The summed E-state index contributed by atoms with van der Waals surface area (Å²) in [5.41, 5.74) is 4.37. The van der Waals surface area contributed by atoms with E-state index in [1.165, 1.54) is 11.1 Å². The van der Waals surface area contributed by atoms with Gasteiger partial charge in [0.15, 0.2) is 0 Å². The van der Waals surface area contributed by atoms with Crippen LogP contribution in [0, 0.1) is 6.92 Å². The van der Waals surface area contributed by atoms with Gasteiger partial charge in [-0.25, -0.2) is 9.97 Å². The largest absolute Gasteiger partial charge is 0.332 e. The fourth-order valence-corrected chi connectivity index (χ4v) is 2.83. The van der Waals surface area contributed by atoms with Crippen molar-refractivity contribution in [3.8, 4) is 0 Å². The van der Waals surface area contributed by atoms with Crippen molar-refractivity contribution in [1.29, 1.82) is 0 Å². The van der Waals surface area contributed by atoms with Gasteiger partial charge < -0.3 is 4.90 Å². The number of hydrogen-bond acceptors (Lipinski definition) is 3. The Morgan fingerprint density at radius 2 is 1.42 bits per heavy atom. The Balaban J connectivity index is 1.90. The molecule has 3 rings (SSSR count). The van der Waals surface area contributed by atoms with Gasteiger partial charge in [0.1, 0.15) is 0 Å². The Kier molecular flexibility index (Phi) is 5.44. The van der Waals surface area contributed by atoms with E-state index in [-0.39, 0.29) is 0 Å². The zero-order chi connectivity index (χ0) is 16.8. The maximum absolute atomic E-state index is 5.93. The zero-order valence-electron chi connectivity index (χ0n) is 13.7. The van der Waals surface area contributed by atoms with Gasteiger partial charge in [0.25, 0.3) is 0 Å². The summed E-state index contributed by atoms with van der Waals surface area (Å²) in [6.07, 6.45) is 1.83. The van der Waals surface area contributed by atoms with Crippen LogP contribution in [0.4, 0.5) is 5.95 Å². The molecule has 0 saturated carbocycles. The van der Waals surface area contributed by atoms with Crippen LogP contribution in [0.25, 0.3) is 0 Å². The molecule has 3 aromatic rings. The Morgan fingerprint density at radius 1 is 0.875 bits per heavy atom. The number of aryl methyl sites for hydroxylation is 1. The van der Waals surface area contributed by atoms with Gasteiger partial charge in [-0.05, 0) is 18.1 Å². The molecule has 1 aromatic heterocycles. The van der Waals surface area contributed by atoms with E-state index in [4.69, 9.17) is 11.6 Å². The molecule has 24 heavy (non-hydrogen) atoms. The van der Waals surface area contributed by atoms with Crippen LogP contribution in [0.15, 0.2) is 66.9 Å². The van der Waals surface area contributed by atoms with Gasteiger partial charge >= 0.3 is 0 Å². The minimum Gasteiger partial charge on any atom is -0.332 e. The number of nitrogens with zero attached hydrogens (tertiary/aromatic N) is 3. The molecule has 1 heterocycles. The van der Waals surface area contributed by atoms with Crippen molar-refractivity contribution in [1.82, 2.24) is 9.97 Å². The van der Waals surface area contributed by atoms with Crippen LogP contribution < -0.4 is 4.90 Å². The smallest absolute Gasteiger partial charge is 0.226 e. The zero-order valence-corrected chi connectivity index (χ0v) is 14.4. The highest BCUT2D eigenvalue weighted by Crippen LogP contribution is 2.18. The first-order valence-corrected chi connectivity index (χ1v) is 8.51. The molecule has 0 saturated heterocycles. The highest BCUT2D eigenvalue weighted by atomic mass is 35.5. The number of hydrogen-bond donors (Lipinski definition) is 0. The lowest BCUT2D eigenvalue weighted by Gasteiger charge is -2.23. The Bertz CT molecular complexity index is 734. The maximum Gasteiger partial charge on any atom is 0.226 e. The highest BCUT2D eigenvalue weighted by Gasteiger charge is 2.13. The Hall–Kier alpha value is -2.39. The number of aromatic nitrogens is 2. The monoisotopic (exact) mass is 337 g/mol. The average Bonchev–Trinajstić information content (AvgIpc) is 2.63. The van der Waals surface area contributed by atoms with Crippen LogP contribution >= 0.6 is 11.6 Å². The molecular formula is C20H20ClN3. The Morgan fingerprint density at radius 3 is 1.88 bits per heavy atom. The lowest BCUT2D eigenvalue weighted by atomic mass is 10.2. The third kappa shape index (κ3) is 4.12. The van der Waals surface area contributed by atoms with Gasteiger partial charge in [0.05, 0.1) is 5.88 Å². The first-order valence-electron chi connectivity index (χ1n) is 7.97. The standard InChI is InChI=1S/C20H20ClN3/c1-16-19(12-21)13-22-20(23-16)24(14-17-8-4-2-5-9-17)15-18-10-6-3-7-11-18/h2-11,13H,12,14-15H2,1H3. The third-order valence-electron chi connectivity index (χ3n) is 3.93. The summed E-state index contributed by atoms with van der Waals surface area (Å²) in [5, 5.41) is 0. The summed E-state index contributed by atoms with van der Waals surface area (Å²) in [6.45, 7) is 3.50. The topological polar surface area (TPSA) is 29.0 Å². The van der Waals surface area contributed by atoms with E-state index >= 15 is 0 Å². The first-order chi connectivity index (χ1) is 11.8. The molecule has 0 bridgehead atoms. The molecular weight excluding hydrogens is 318 g/mol. The number of benzene rings is 2. The number of anilines is 1. The van der Waals surface area contributed by atoms with Crippen molar-refractivity contribution in [2.45, 2.75) is 25.9 Å². The maximum atomic E-state index is 5.93. The molecule has 0 fully saturated rings. The van der Waals surface area contributed by atoms with E-state index in [1.54, 1.807) is 0 Å². The van der Waals surface area contributed by atoms with E-state index in [0.717, 1.165) is 30.3 Å². The number of halogens is 1. The van der Waals surface area contributed by atoms with Crippen molar-refractivity contribution in [2.24, 2.45) is 0 Å². The van der Waals surface area contributed by atoms with Gasteiger partial charge in [0.2, 0.25) is 5.95 Å². The second kappa shape index (κ2) is 7.93. The summed E-state index contributed by atoms with van der Waals surface area (Å²) in [5.74, 6) is 1.16. The second-order valence-electron chi connectivity index (χ2n) is 5.74. The first kappa shape index (κ1) is 16.5. The van der Waals surface area contributed by atoms with Crippen molar-refractivity contribution in [3.05, 3.63) is 89.2 Å². The average molecular weight is 338 g/mol. The summed E-state index contributed by atoms with van der Waals surface area (Å²) < 4.78 is 0. The summed E-state index contributed by atoms with van der Waals surface area (Å²) in [6, 6.07) is 20.8. The summed E-state index contributed by atoms with van der Waals surface area (Å²) in [4.78, 5) is 11.4. The number of alkyl halides is 1. The molecule has 2 aromatic carbocycles. The van der Waals surface area contributed by atoms with Crippen LogP contribution in [0.2, 0.25) is 0 Å². The van der Waals surface area contributed by atoms with E-state index < -0.39 is 0 Å². The van der Waals surface area contributed by atoms with Crippen LogP contribution in [0.3, 0.4) is 0 Å². The molecule has 0 unspecified atom stereocenters. The van der Waals surface area contributed by atoms with Crippen molar-refractivity contribution in [3.63, 3.8) is 0 Å². The van der Waals surface area contributed by atoms with E-state index in [0.29, 0.717) is 5.88 Å². The van der Waals surface area contributed by atoms with Crippen LogP contribution in [-0.4, -0.2) is 9.97 Å². The molecule has 0 radical (unpaired) electrons. The third-order valence-corrected chi connectivity index (χ3v) is 4.22. The van der Waals surface area contributed by atoms with Crippen molar-refractivity contribution >= 4 is 17.5 Å². The predicted molar refractivity (Wildman–Crippen MR) is 99.1 cm³/mol. The molecule has 0 atom stereocenters. The van der Waals surface area contributed by atoms with Crippen molar-refractivity contribution < 1.29 is 0 Å². The fraction of sp³-hybridized carbons (Fsp3) is 0.200. The predicted octanol–water partition coefficient (Wildman–Crippen LogP) is 4.73. The lowest BCUT2D eigenvalue weighted by Crippen LogP contribution is -2.24. The van der Waals surface area contributed by atoms with Gasteiger partial charge in [-0.3, -0.25) is 0 Å². The van der Waals surface area contributed by atoms with Gasteiger partial charge in [-0.2, -0.15) is 0 Å². The van der Waals surface area contributed by atoms with Crippen molar-refractivity contribution in [2.75, 3.05) is 4.90 Å². The van der Waals surface area contributed by atoms with Crippen LogP contribution in [-0.2, 0) is 19.0 Å². The molecule has 0 amide bonds. The van der Waals surface area contributed by atoms with Crippen LogP contribution in [0.1, 0.15) is 22.4 Å². The Labute approximate surface area is 148 Å². The molecule has 0 aliphatic heterocycles. The molecule has 0 aliphatic rings. The number of rotatable bonds is 6. The summed E-state index contributed by atoms with van der Waals surface area (Å²) >= 11 is 5.93. The quantitative estimate of drug-likeness (QED) is 0.609. The molecule has 3 nitrogen and oxygen atoms in total. The molecule has 4 heteroatoms. The summed E-state index contributed by atoms with van der Waals surface area (Å²) in [7, 11) is 0. The van der Waals surface area contributed by atoms with Gasteiger partial charge in [0, 0.05) is 30.5 Å². The molecule has 0 N–H and O–H groups in total. The SMILES string of the molecule is Cc1nc(N(Cc2ccccc2)Cc2ccccc2)ncc1CCl.